The second kappa shape index (κ2) is 17.7. The van der Waals surface area contributed by atoms with Crippen LogP contribution in [-0.2, 0) is 33.4 Å². The van der Waals surface area contributed by atoms with Crippen LogP contribution < -0.4 is 4.74 Å². The summed E-state index contributed by atoms with van der Waals surface area (Å²) in [5.41, 5.74) is 0.867. The molecule has 12 nitrogen and oxygen atoms in total. The average molecular weight is 661 g/mol. The lowest BCUT2D eigenvalue weighted by molar-refractivity contribution is -0.168. The SMILES string of the molecule is C=C(C#CC1=C[C@@H](OC(C)=O)[C@H](O)[C@@H](OC(=O)C(C)=CCCC(=C)C#Cc2cc(OC(C)=O)cc(O)c2O)C1=O)CCC=C(C)C(=O)O. The summed E-state index contributed by atoms with van der Waals surface area (Å²) in [7, 11) is 0. The normalized spacial score (nSPS) is 17.4. The summed E-state index contributed by atoms with van der Waals surface area (Å²) in [6.07, 6.45) is 0.586. The zero-order chi connectivity index (χ0) is 36.1. The van der Waals surface area contributed by atoms with Gasteiger partial charge in [-0.2, -0.15) is 0 Å². The maximum absolute atomic E-state index is 13.2. The average Bonchev–Trinajstić information content (AvgIpc) is 3.00. The van der Waals surface area contributed by atoms with Crippen LogP contribution in [-0.4, -0.2) is 68.4 Å². The first-order valence-corrected chi connectivity index (χ1v) is 14.5. The highest BCUT2D eigenvalue weighted by Gasteiger charge is 2.42. The number of carboxylic acid groups (broad SMARTS) is 1. The van der Waals surface area contributed by atoms with Crippen LogP contribution in [0.4, 0.5) is 0 Å². The van der Waals surface area contributed by atoms with Gasteiger partial charge < -0.3 is 34.6 Å². The number of aliphatic carboxylic acids is 1. The zero-order valence-electron chi connectivity index (χ0n) is 26.9. The predicted molar refractivity (Wildman–Crippen MR) is 172 cm³/mol. The molecule has 2 rings (SSSR count). The minimum absolute atomic E-state index is 0.00383. The van der Waals surface area contributed by atoms with Crippen molar-refractivity contribution in [2.24, 2.45) is 0 Å². The fourth-order valence-electron chi connectivity index (χ4n) is 4.00. The molecular formula is C36H36O12. The smallest absolute Gasteiger partial charge is 0.334 e. The molecule has 0 radical (unpaired) electrons. The fraction of sp³-hybridized carbons (Fsp3) is 0.306. The lowest BCUT2D eigenvalue weighted by Crippen LogP contribution is -2.49. The molecule has 0 aliphatic heterocycles. The topological polar surface area (TPSA) is 194 Å². The van der Waals surface area contributed by atoms with Gasteiger partial charge in [-0.1, -0.05) is 49.0 Å². The third kappa shape index (κ3) is 11.8. The first-order chi connectivity index (χ1) is 22.5. The maximum atomic E-state index is 13.2. The van der Waals surface area contributed by atoms with Gasteiger partial charge >= 0.3 is 23.9 Å². The number of esters is 3. The zero-order valence-corrected chi connectivity index (χ0v) is 26.9. The molecule has 252 valence electrons. The molecular weight excluding hydrogens is 624 g/mol. The Balaban J connectivity index is 2.11. The number of ketones is 1. The van der Waals surface area contributed by atoms with Crippen LogP contribution in [0.2, 0.25) is 0 Å². The molecule has 3 atom stereocenters. The van der Waals surface area contributed by atoms with Crippen LogP contribution in [0.1, 0.15) is 58.9 Å². The second-order valence-corrected chi connectivity index (χ2v) is 10.6. The lowest BCUT2D eigenvalue weighted by Gasteiger charge is -2.30. The van der Waals surface area contributed by atoms with Crippen LogP contribution >= 0.6 is 0 Å². The Morgan fingerprint density at radius 2 is 1.46 bits per heavy atom. The van der Waals surface area contributed by atoms with E-state index in [1.807, 2.05) is 0 Å². The van der Waals surface area contributed by atoms with Crippen molar-refractivity contribution >= 4 is 29.7 Å². The van der Waals surface area contributed by atoms with Crippen LogP contribution in [0.3, 0.4) is 0 Å². The molecule has 0 saturated carbocycles. The molecule has 1 aliphatic carbocycles. The quantitative estimate of drug-likeness (QED) is 0.0885. The van der Waals surface area contributed by atoms with Crippen molar-refractivity contribution in [1.82, 2.24) is 0 Å². The maximum Gasteiger partial charge on any atom is 0.334 e. The first kappa shape index (κ1) is 38.3. The molecule has 0 aromatic heterocycles. The van der Waals surface area contributed by atoms with E-state index >= 15 is 0 Å². The number of hydrogen-bond acceptors (Lipinski definition) is 11. The molecule has 1 aromatic rings. The molecule has 0 bridgehead atoms. The predicted octanol–water partition coefficient (Wildman–Crippen LogP) is 3.74. The molecule has 1 aromatic carbocycles. The van der Waals surface area contributed by atoms with Gasteiger partial charge in [0.05, 0.1) is 11.1 Å². The molecule has 12 heteroatoms. The molecule has 48 heavy (non-hydrogen) atoms. The van der Waals surface area contributed by atoms with E-state index < -0.39 is 59.5 Å². The highest BCUT2D eigenvalue weighted by atomic mass is 16.6. The number of Topliss-reactive ketones (excluding diaryl/α,β-unsaturated/α-hetero) is 1. The second-order valence-electron chi connectivity index (χ2n) is 10.6. The Morgan fingerprint density at radius 3 is 2.02 bits per heavy atom. The summed E-state index contributed by atoms with van der Waals surface area (Å²) in [5, 5.41) is 39.6. The van der Waals surface area contributed by atoms with Gasteiger partial charge in [0, 0.05) is 37.1 Å². The number of carboxylic acids is 1. The highest BCUT2D eigenvalue weighted by Crippen LogP contribution is 2.33. The first-order valence-electron chi connectivity index (χ1n) is 14.5. The summed E-state index contributed by atoms with van der Waals surface area (Å²) in [6.45, 7) is 12.8. The van der Waals surface area contributed by atoms with Gasteiger partial charge in [-0.15, -0.1) is 0 Å². The van der Waals surface area contributed by atoms with E-state index in [4.69, 9.17) is 19.3 Å². The molecule has 0 unspecified atom stereocenters. The summed E-state index contributed by atoms with van der Waals surface area (Å²) in [4.78, 5) is 59.8. The van der Waals surface area contributed by atoms with E-state index in [1.54, 1.807) is 0 Å². The van der Waals surface area contributed by atoms with Crippen LogP contribution in [0.25, 0.3) is 0 Å². The lowest BCUT2D eigenvalue weighted by atomic mass is 9.90. The minimum Gasteiger partial charge on any atom is -0.504 e. The van der Waals surface area contributed by atoms with E-state index in [1.165, 1.54) is 39.0 Å². The Morgan fingerprint density at radius 1 is 0.875 bits per heavy atom. The molecule has 0 fully saturated rings. The number of carbonyl (C=O) groups is 5. The number of aliphatic hydroxyl groups excluding tert-OH is 1. The Labute approximate surface area is 277 Å². The Kier molecular flexibility index (Phi) is 14.2. The third-order valence-electron chi connectivity index (χ3n) is 6.56. The van der Waals surface area contributed by atoms with Gasteiger partial charge in [0.1, 0.15) is 11.9 Å². The Bertz CT molecular complexity index is 1730. The van der Waals surface area contributed by atoms with Crippen molar-refractivity contribution in [2.45, 2.75) is 71.7 Å². The third-order valence-corrected chi connectivity index (χ3v) is 6.56. The number of carbonyl (C=O) groups excluding carboxylic acids is 4. The van der Waals surface area contributed by atoms with Crippen LogP contribution in [0.5, 0.6) is 17.2 Å². The standard InChI is InChI=1S/C36H36O12/c1-20(9-7-11-22(3)35(43)44)14-16-27-18-30(47-25(6)38)33(42)34(32(27)41)48-36(45)23(4)12-8-10-21(2)13-15-26-17-28(46-24(5)37)19-29(39)31(26)40/h11-12,17-19,30,33-34,39-40,42H,1-2,7-10H2,3-6H3,(H,43,44)/t30-,33+,34+/m1/s1. The van der Waals surface area contributed by atoms with E-state index in [9.17, 15) is 39.3 Å². The molecule has 4 N–H and O–H groups in total. The van der Waals surface area contributed by atoms with Crippen molar-refractivity contribution in [3.63, 3.8) is 0 Å². The number of aromatic hydroxyl groups is 2. The van der Waals surface area contributed by atoms with E-state index in [0.717, 1.165) is 19.1 Å². The minimum atomic E-state index is -1.73. The summed E-state index contributed by atoms with van der Waals surface area (Å²) in [6, 6.07) is 2.34. The van der Waals surface area contributed by atoms with Gasteiger partial charge in [-0.25, -0.2) is 9.59 Å². The van der Waals surface area contributed by atoms with E-state index in [0.29, 0.717) is 24.0 Å². The largest absolute Gasteiger partial charge is 0.504 e. The molecule has 0 amide bonds. The summed E-state index contributed by atoms with van der Waals surface area (Å²) in [5.74, 6) is 5.46. The number of benzene rings is 1. The van der Waals surface area contributed by atoms with Crippen molar-refractivity contribution < 1.29 is 58.6 Å². The molecule has 0 heterocycles. The highest BCUT2D eigenvalue weighted by molar-refractivity contribution is 6.05. The Hall–Kier alpha value is -5.85. The molecule has 0 saturated heterocycles. The van der Waals surface area contributed by atoms with E-state index in [2.05, 4.69) is 36.8 Å². The number of phenolic OH excluding ortho intramolecular Hbond substituents is 2. The van der Waals surface area contributed by atoms with Crippen LogP contribution in [0.15, 0.2) is 71.4 Å². The number of phenols is 2. The molecule has 1 aliphatic rings. The number of hydrogen-bond donors (Lipinski definition) is 4. The summed E-state index contributed by atoms with van der Waals surface area (Å²) < 4.78 is 15.4. The van der Waals surface area contributed by atoms with Gasteiger partial charge in [0.15, 0.2) is 23.7 Å². The van der Waals surface area contributed by atoms with Crippen molar-refractivity contribution in [3.05, 3.63) is 76.9 Å². The van der Waals surface area contributed by atoms with Crippen molar-refractivity contribution in [2.75, 3.05) is 0 Å². The van der Waals surface area contributed by atoms with Gasteiger partial charge in [-0.05, 0) is 56.8 Å². The van der Waals surface area contributed by atoms with E-state index in [-0.39, 0.29) is 40.9 Å². The van der Waals surface area contributed by atoms with Gasteiger partial charge in [-0.3, -0.25) is 14.4 Å². The van der Waals surface area contributed by atoms with Gasteiger partial charge in [0.2, 0.25) is 5.78 Å². The number of aliphatic hydroxyl groups is 1. The monoisotopic (exact) mass is 660 g/mol. The van der Waals surface area contributed by atoms with Gasteiger partial charge in [0.25, 0.3) is 0 Å². The number of allylic oxidation sites excluding steroid dienone is 4. The number of ether oxygens (including phenoxy) is 3. The van der Waals surface area contributed by atoms with Crippen LogP contribution in [0, 0.1) is 23.7 Å². The molecule has 0 spiro atoms. The van der Waals surface area contributed by atoms with Crippen molar-refractivity contribution in [3.8, 4) is 40.9 Å². The fourth-order valence-corrected chi connectivity index (χ4v) is 4.00. The van der Waals surface area contributed by atoms with Crippen molar-refractivity contribution in [1.29, 1.82) is 0 Å². The number of rotatable bonds is 11. The summed E-state index contributed by atoms with van der Waals surface area (Å²) >= 11 is 0.